The second kappa shape index (κ2) is 5.16. The van der Waals surface area contributed by atoms with E-state index in [1.165, 1.54) is 0 Å². The van der Waals surface area contributed by atoms with E-state index in [1.807, 2.05) is 0 Å². The normalized spacial score (nSPS) is 10.9. The molecule has 0 aliphatic heterocycles. The van der Waals surface area contributed by atoms with E-state index >= 15 is 0 Å². The second-order valence-electron chi connectivity index (χ2n) is 1.24. The van der Waals surface area contributed by atoms with Crippen molar-refractivity contribution in [2.24, 2.45) is 17.2 Å². The van der Waals surface area contributed by atoms with Crippen molar-refractivity contribution in [1.82, 2.24) is 0 Å². The summed E-state index contributed by atoms with van der Waals surface area (Å²) in [5.74, 6) is -3.65. The Hall–Kier alpha value is -0.532. The van der Waals surface area contributed by atoms with Gasteiger partial charge in [-0.25, -0.2) is 9.59 Å². The van der Waals surface area contributed by atoms with Crippen molar-refractivity contribution in [3.8, 4) is 0 Å². The number of rotatable bonds is 0. The van der Waals surface area contributed by atoms with E-state index in [2.05, 4.69) is 0 Å². The van der Waals surface area contributed by atoms with E-state index in [9.17, 15) is 0 Å². The third-order valence-electron chi connectivity index (χ3n) is 0.183. The Morgan fingerprint density at radius 3 is 1.00 bits per heavy atom. The molecule has 0 fully saturated rings. The van der Waals surface area contributed by atoms with E-state index < -0.39 is 29.0 Å². The summed E-state index contributed by atoms with van der Waals surface area (Å²) in [6.45, 7) is 0. The molecule has 0 bridgehead atoms. The number of hydrogen-bond donors (Lipinski definition) is 6. The quantitative estimate of drug-likeness (QED) is 0.247. The zero-order valence-corrected chi connectivity index (χ0v) is 7.61. The molecule has 0 saturated heterocycles. The van der Waals surface area contributed by atoms with Crippen molar-refractivity contribution in [3.05, 3.63) is 0 Å². The molecule has 0 unspecified atom stereocenters. The number of carbonyl (C=O) groups is 2. The molecule has 9 heteroatoms. The van der Waals surface area contributed by atoms with E-state index in [4.69, 9.17) is 37.0 Å². The molecule has 11 heavy (non-hydrogen) atoms. The summed E-state index contributed by atoms with van der Waals surface area (Å²) in [5.41, 5.74) is 0. The molecule has 0 atom stereocenters. The van der Waals surface area contributed by atoms with Crippen molar-refractivity contribution < 1.29 is 36.9 Å². The van der Waals surface area contributed by atoms with Crippen LogP contribution < -0.4 is 17.2 Å². The first-order valence-corrected chi connectivity index (χ1v) is 7.08. The molecule has 0 rings (SSSR count). The molecule has 0 aliphatic rings. The predicted molar refractivity (Wildman–Crippen MR) is 32.0 cm³/mol. The summed E-state index contributed by atoms with van der Waals surface area (Å²) < 4.78 is 19.5. The van der Waals surface area contributed by atoms with Gasteiger partial charge in [0.2, 0.25) is 0 Å². The molecule has 0 aliphatic carbocycles. The molecule has 10 N–H and O–H groups in total. The van der Waals surface area contributed by atoms with Crippen LogP contribution in [0.1, 0.15) is 0 Å². The standard InChI is InChI=1S/C2H2O4.4H2N.Pt/c3-1(4)2(5)6;;;;;/h(H,3,4)(H,5,6);4*1H2;/q;4*-1;+4. The number of hydrogen-bond acceptors (Lipinski definition) is 6. The van der Waals surface area contributed by atoms with Gasteiger partial charge in [-0.1, -0.05) is 0 Å². The van der Waals surface area contributed by atoms with Crippen LogP contribution in [0.25, 0.3) is 0 Å². The summed E-state index contributed by atoms with van der Waals surface area (Å²) in [4.78, 5) is 18.2. The molecule has 0 heterocycles. The van der Waals surface area contributed by atoms with Gasteiger partial charge in [0.1, 0.15) is 0 Å². The van der Waals surface area contributed by atoms with Crippen molar-refractivity contribution >= 4 is 11.9 Å². The van der Waals surface area contributed by atoms with Crippen LogP contribution in [0.15, 0.2) is 0 Å². The minimum absolute atomic E-state index is 1.82. The molecule has 72 valence electrons. The van der Waals surface area contributed by atoms with Crippen LogP contribution in [0, 0.1) is 0 Å². The molecule has 0 aromatic carbocycles. The van der Waals surface area contributed by atoms with Crippen LogP contribution >= 0.6 is 0 Å². The Balaban J connectivity index is 0. The molecule has 0 spiro atoms. The van der Waals surface area contributed by atoms with E-state index in [0.717, 1.165) is 0 Å². The van der Waals surface area contributed by atoms with Gasteiger partial charge in [-0.3, -0.25) is 0 Å². The van der Waals surface area contributed by atoms with E-state index in [1.54, 1.807) is 0 Å². The molecule has 0 aromatic rings. The van der Waals surface area contributed by atoms with Gasteiger partial charge in [0.25, 0.3) is 0 Å². The Kier molecular flexibility index (Phi) is 6.14. The summed E-state index contributed by atoms with van der Waals surface area (Å²) in [5, 5.41) is 14.8. The van der Waals surface area contributed by atoms with Crippen molar-refractivity contribution in [1.29, 1.82) is 0 Å². The van der Waals surface area contributed by atoms with Crippen LogP contribution in [-0.2, 0) is 26.7 Å². The van der Waals surface area contributed by atoms with Crippen LogP contribution in [0.4, 0.5) is 0 Å². The number of aliphatic carboxylic acids is 2. The molecular formula is C2H10N4O4Pt. The first-order valence-electron chi connectivity index (χ1n) is 1.84. The SMILES string of the molecule is O=C(O)C(=O)O.[NH2][Pt]([NH2])([NH2])[NH2]. The third-order valence-corrected chi connectivity index (χ3v) is 0.183. The average molecular weight is 349 g/mol. The van der Waals surface area contributed by atoms with Gasteiger partial charge in [0, 0.05) is 0 Å². The molecule has 0 radical (unpaired) electrons. The number of carboxylic acids is 2. The Bertz CT molecular complexity index is 135. The van der Waals surface area contributed by atoms with Gasteiger partial charge in [0.15, 0.2) is 0 Å². The average Bonchev–Trinajstić information content (AvgIpc) is 1.59. The van der Waals surface area contributed by atoms with Crippen LogP contribution in [0.3, 0.4) is 0 Å². The Morgan fingerprint density at radius 2 is 1.00 bits per heavy atom. The van der Waals surface area contributed by atoms with Crippen LogP contribution in [0.5, 0.6) is 0 Å². The Morgan fingerprint density at radius 1 is 0.909 bits per heavy atom. The second-order valence-corrected chi connectivity index (χ2v) is 5.79. The topological polar surface area (TPSA) is 179 Å². The van der Waals surface area contributed by atoms with Gasteiger partial charge in [-0.2, -0.15) is 0 Å². The zero-order chi connectivity index (χ0) is 9.65. The van der Waals surface area contributed by atoms with Gasteiger partial charge < -0.3 is 10.2 Å². The van der Waals surface area contributed by atoms with E-state index in [0.29, 0.717) is 0 Å². The maximum atomic E-state index is 9.10. The summed E-state index contributed by atoms with van der Waals surface area (Å²) in [6.07, 6.45) is 0. The first kappa shape index (κ1) is 13.1. The number of carboxylic acid groups (broad SMARTS) is 2. The predicted octanol–water partition coefficient (Wildman–Crippen LogP) is -3.21. The number of nitrogens with two attached hydrogens (primary N) is 4. The summed E-state index contributed by atoms with van der Waals surface area (Å²) in [7, 11) is 0. The molecule has 0 saturated carbocycles. The third kappa shape index (κ3) is 43.9. The van der Waals surface area contributed by atoms with E-state index in [-0.39, 0.29) is 0 Å². The maximum absolute atomic E-state index is 9.10. The van der Waals surface area contributed by atoms with Gasteiger partial charge in [0.05, 0.1) is 0 Å². The molecule has 0 amide bonds. The van der Waals surface area contributed by atoms with Gasteiger partial charge >= 0.3 is 46.2 Å². The fourth-order valence-corrected chi connectivity index (χ4v) is 0. The van der Waals surface area contributed by atoms with Crippen molar-refractivity contribution in [2.45, 2.75) is 0 Å². The van der Waals surface area contributed by atoms with Gasteiger partial charge in [-0.15, -0.1) is 0 Å². The van der Waals surface area contributed by atoms with Gasteiger partial charge in [-0.05, 0) is 0 Å². The fourth-order valence-electron chi connectivity index (χ4n) is 0. The monoisotopic (exact) mass is 349 g/mol. The Labute approximate surface area is 66.5 Å². The summed E-state index contributed by atoms with van der Waals surface area (Å²) in [6, 6.07) is 0. The zero-order valence-electron chi connectivity index (χ0n) is 5.34. The molecule has 8 nitrogen and oxygen atoms in total. The van der Waals surface area contributed by atoms with Crippen molar-refractivity contribution in [2.75, 3.05) is 0 Å². The summed E-state index contributed by atoms with van der Waals surface area (Å²) >= 11 is -2.94. The molecule has 0 aromatic heterocycles. The minimum atomic E-state index is -2.94. The fraction of sp³-hybridized carbons (Fsp3) is 0. The van der Waals surface area contributed by atoms with Crippen LogP contribution in [-0.4, -0.2) is 22.2 Å². The van der Waals surface area contributed by atoms with Crippen molar-refractivity contribution in [3.63, 3.8) is 0 Å². The van der Waals surface area contributed by atoms with Crippen LogP contribution in [0.2, 0.25) is 0 Å². The first-order chi connectivity index (χ1) is 4.64. The molecular weight excluding hydrogens is 339 g/mol.